The molecule has 2 fully saturated rings. The summed E-state index contributed by atoms with van der Waals surface area (Å²) in [6, 6.07) is 13.0. The molecule has 38 heavy (non-hydrogen) atoms. The molecule has 1 unspecified atom stereocenters. The maximum absolute atomic E-state index is 13.0. The molecule has 0 spiro atoms. The van der Waals surface area contributed by atoms with Crippen molar-refractivity contribution >= 4 is 67.2 Å². The second-order valence-electron chi connectivity index (χ2n) is 9.30. The standard InChI is InChI=1S/C27H29N5O3S.2H2S/c1-17(27(34)32-11-3-4-25(32)28-2)12-18-14-29-23-10-9-21(13-22(18)23)35-20-7-5-19(6-8-20)31-26(33)24-15-36-16-30-24;;/h5-10,13-14,17,24-25,29-30H,3-4,11-12,15-16H2,1H3,(H,31,33);2*1H2/t17-,24?,25-;;/m0../s1. The normalized spacial score (nSPS) is 19.2. The molecule has 0 radical (unpaired) electrons. The van der Waals surface area contributed by atoms with Crippen molar-refractivity contribution in [3.63, 3.8) is 0 Å². The topological polar surface area (TPSA) is 90.8 Å². The molecule has 2 amide bonds. The van der Waals surface area contributed by atoms with Crippen LogP contribution in [0.4, 0.5) is 5.69 Å². The minimum atomic E-state index is -0.319. The van der Waals surface area contributed by atoms with Crippen LogP contribution in [0.1, 0.15) is 25.3 Å². The Balaban J connectivity index is 0.00000200. The molecule has 2 aromatic carbocycles. The van der Waals surface area contributed by atoms with Crippen LogP contribution in [-0.4, -0.2) is 52.1 Å². The first-order valence-corrected chi connectivity index (χ1v) is 13.3. The third-order valence-corrected chi connectivity index (χ3v) is 7.67. The third-order valence-electron chi connectivity index (χ3n) is 6.73. The van der Waals surface area contributed by atoms with Gasteiger partial charge in [0.15, 0.2) is 0 Å². The van der Waals surface area contributed by atoms with E-state index in [1.807, 2.05) is 55.6 Å². The van der Waals surface area contributed by atoms with Crippen LogP contribution < -0.4 is 15.4 Å². The molecule has 5 rings (SSSR count). The molecule has 2 saturated heterocycles. The van der Waals surface area contributed by atoms with Gasteiger partial charge in [0.1, 0.15) is 11.5 Å². The zero-order chi connectivity index (χ0) is 25.1. The predicted molar refractivity (Wildman–Crippen MR) is 163 cm³/mol. The highest BCUT2D eigenvalue weighted by molar-refractivity contribution is 7.99. The van der Waals surface area contributed by atoms with Crippen molar-refractivity contribution in [3.8, 4) is 11.5 Å². The highest BCUT2D eigenvalue weighted by Crippen LogP contribution is 2.30. The van der Waals surface area contributed by atoms with Crippen molar-refractivity contribution in [2.24, 2.45) is 5.92 Å². The number of amides is 2. The van der Waals surface area contributed by atoms with E-state index in [0.29, 0.717) is 24.5 Å². The fourth-order valence-electron chi connectivity index (χ4n) is 4.77. The smallest absolute Gasteiger partial charge is 0.300 e. The molecule has 0 saturated carbocycles. The number of hydrogen-bond acceptors (Lipinski definition) is 5. The van der Waals surface area contributed by atoms with Crippen molar-refractivity contribution in [2.45, 2.75) is 38.4 Å². The summed E-state index contributed by atoms with van der Waals surface area (Å²) in [5, 5.41) is 7.12. The van der Waals surface area contributed by atoms with E-state index in [0.717, 1.165) is 46.6 Å². The first kappa shape index (κ1) is 29.8. The van der Waals surface area contributed by atoms with E-state index in [1.165, 1.54) is 0 Å². The van der Waals surface area contributed by atoms with Gasteiger partial charge in [-0.2, -0.15) is 27.0 Å². The van der Waals surface area contributed by atoms with Crippen molar-refractivity contribution < 1.29 is 14.3 Å². The SMILES string of the molecule is S.S.[C-]#[N+][C@@H]1CCCN1C(=O)[C@@H](C)Cc1c[nH]c2ccc(Oc3ccc(NC(=O)C4CSCN4)cc3)cc12. The number of nitrogens with zero attached hydrogens (tertiary/aromatic N) is 2. The van der Waals surface area contributed by atoms with Gasteiger partial charge in [0, 0.05) is 53.3 Å². The van der Waals surface area contributed by atoms with Crippen LogP contribution in [0.5, 0.6) is 11.5 Å². The number of aromatic nitrogens is 1. The van der Waals surface area contributed by atoms with Crippen LogP contribution in [0.25, 0.3) is 15.7 Å². The van der Waals surface area contributed by atoms with E-state index in [9.17, 15) is 9.59 Å². The third kappa shape index (κ3) is 6.61. The van der Waals surface area contributed by atoms with Crippen LogP contribution in [0, 0.1) is 12.5 Å². The van der Waals surface area contributed by atoms with Gasteiger partial charge in [-0.15, -0.1) is 11.8 Å². The number of aromatic amines is 1. The number of fused-ring (bicyclic) bond motifs is 1. The lowest BCUT2D eigenvalue weighted by molar-refractivity contribution is -0.135. The molecule has 3 atom stereocenters. The fraction of sp³-hybridized carbons (Fsp3) is 0.370. The molecular formula is C27H33N5O3S3. The monoisotopic (exact) mass is 571 g/mol. The second kappa shape index (κ2) is 13.3. The average Bonchev–Trinajstić information content (AvgIpc) is 3.66. The molecule has 1 aromatic heterocycles. The van der Waals surface area contributed by atoms with E-state index in [4.69, 9.17) is 11.3 Å². The van der Waals surface area contributed by atoms with E-state index in [-0.39, 0.29) is 56.9 Å². The molecule has 11 heteroatoms. The Morgan fingerprint density at radius 2 is 1.97 bits per heavy atom. The molecular weight excluding hydrogens is 539 g/mol. The molecule has 3 N–H and O–H groups in total. The van der Waals surface area contributed by atoms with Gasteiger partial charge in [-0.1, -0.05) is 6.92 Å². The summed E-state index contributed by atoms with van der Waals surface area (Å²) in [7, 11) is 0. The molecule has 3 aromatic rings. The van der Waals surface area contributed by atoms with E-state index in [2.05, 4.69) is 20.5 Å². The maximum Gasteiger partial charge on any atom is 0.300 e. The lowest BCUT2D eigenvalue weighted by atomic mass is 9.99. The highest BCUT2D eigenvalue weighted by Gasteiger charge is 2.35. The molecule has 2 aliphatic rings. The minimum absolute atomic E-state index is 0. The number of benzene rings is 2. The summed E-state index contributed by atoms with van der Waals surface area (Å²) in [6.07, 6.45) is 3.88. The number of hydrogen-bond donors (Lipinski definition) is 3. The molecule has 8 nitrogen and oxygen atoms in total. The molecule has 202 valence electrons. The van der Waals surface area contributed by atoms with E-state index >= 15 is 0 Å². The molecule has 0 aliphatic carbocycles. The molecule has 0 bridgehead atoms. The predicted octanol–water partition coefficient (Wildman–Crippen LogP) is 4.83. The van der Waals surface area contributed by atoms with Gasteiger partial charge in [-0.3, -0.25) is 24.7 Å². The lowest BCUT2D eigenvalue weighted by Gasteiger charge is -2.20. The number of likely N-dealkylation sites (tertiary alicyclic amines) is 1. The Morgan fingerprint density at radius 1 is 1.21 bits per heavy atom. The summed E-state index contributed by atoms with van der Waals surface area (Å²) < 4.78 is 6.08. The Hall–Kier alpha value is -2.78. The van der Waals surface area contributed by atoms with E-state index < -0.39 is 0 Å². The average molecular weight is 572 g/mol. The minimum Gasteiger partial charge on any atom is -0.457 e. The molecule has 3 heterocycles. The zero-order valence-corrected chi connectivity index (χ0v) is 23.9. The molecule has 2 aliphatic heterocycles. The summed E-state index contributed by atoms with van der Waals surface area (Å²) in [5.74, 6) is 2.75. The van der Waals surface area contributed by atoms with Crippen LogP contribution in [0.15, 0.2) is 48.7 Å². The Bertz CT molecular complexity index is 1300. The maximum atomic E-state index is 13.0. The van der Waals surface area contributed by atoms with Gasteiger partial charge in [0.05, 0.1) is 6.04 Å². The van der Waals surface area contributed by atoms with Crippen LogP contribution in [0.2, 0.25) is 0 Å². The zero-order valence-electron chi connectivity index (χ0n) is 21.1. The van der Waals surface area contributed by atoms with Crippen LogP contribution in [0.3, 0.4) is 0 Å². The van der Waals surface area contributed by atoms with Gasteiger partial charge in [0.2, 0.25) is 11.8 Å². The number of thioether (sulfide) groups is 1. The van der Waals surface area contributed by atoms with Gasteiger partial charge in [-0.25, -0.2) is 6.57 Å². The number of anilines is 1. The van der Waals surface area contributed by atoms with Gasteiger partial charge >= 0.3 is 6.17 Å². The van der Waals surface area contributed by atoms with Crippen LogP contribution >= 0.6 is 38.8 Å². The van der Waals surface area contributed by atoms with Crippen LogP contribution in [-0.2, 0) is 16.0 Å². The summed E-state index contributed by atoms with van der Waals surface area (Å²) in [5.41, 5.74) is 2.76. The number of carbonyl (C=O) groups excluding carboxylic acids is 2. The van der Waals surface area contributed by atoms with Crippen molar-refractivity contribution in [1.29, 1.82) is 0 Å². The van der Waals surface area contributed by atoms with Gasteiger partial charge in [0.25, 0.3) is 0 Å². The fourth-order valence-corrected chi connectivity index (χ4v) is 5.71. The second-order valence-corrected chi connectivity index (χ2v) is 10.3. The number of carbonyl (C=O) groups is 2. The number of rotatable bonds is 7. The number of nitrogens with one attached hydrogen (secondary N) is 3. The summed E-state index contributed by atoms with van der Waals surface area (Å²) >= 11 is 1.71. The summed E-state index contributed by atoms with van der Waals surface area (Å²) in [4.78, 5) is 33.9. The lowest BCUT2D eigenvalue weighted by Crippen LogP contribution is -2.38. The number of H-pyrrole nitrogens is 1. The van der Waals surface area contributed by atoms with Crippen molar-refractivity contribution in [3.05, 3.63) is 65.6 Å². The van der Waals surface area contributed by atoms with Gasteiger partial charge in [-0.05, 0) is 60.9 Å². The quantitative estimate of drug-likeness (QED) is 0.354. The largest absolute Gasteiger partial charge is 0.457 e. The Labute approximate surface area is 241 Å². The van der Waals surface area contributed by atoms with E-state index in [1.54, 1.807) is 16.7 Å². The van der Waals surface area contributed by atoms with Crippen molar-refractivity contribution in [2.75, 3.05) is 23.5 Å². The van der Waals surface area contributed by atoms with Crippen molar-refractivity contribution in [1.82, 2.24) is 15.2 Å². The number of ether oxygens (including phenoxy) is 1. The Kier molecular flexibility index (Phi) is 10.4. The Morgan fingerprint density at radius 3 is 2.68 bits per heavy atom. The van der Waals surface area contributed by atoms with Gasteiger partial charge < -0.3 is 15.0 Å². The first-order chi connectivity index (χ1) is 17.5. The summed E-state index contributed by atoms with van der Waals surface area (Å²) in [6.45, 7) is 9.95. The first-order valence-electron chi connectivity index (χ1n) is 12.2. The highest BCUT2D eigenvalue weighted by atomic mass is 32.2.